The van der Waals surface area contributed by atoms with Gasteiger partial charge in [-0.05, 0) is 12.5 Å². The molecule has 1 N–H and O–H groups in total. The summed E-state index contributed by atoms with van der Waals surface area (Å²) in [4.78, 5) is 16.2. The molecule has 0 spiro atoms. The van der Waals surface area contributed by atoms with Crippen LogP contribution in [0.1, 0.15) is 18.9 Å². The number of quaternary nitrogens is 1. The summed E-state index contributed by atoms with van der Waals surface area (Å²) in [6.45, 7) is 7.20. The minimum absolute atomic E-state index is 0.00842. The van der Waals surface area contributed by atoms with Gasteiger partial charge in [-0.2, -0.15) is 0 Å². The van der Waals surface area contributed by atoms with Crippen LogP contribution >= 0.6 is 0 Å². The maximum absolute atomic E-state index is 12.2. The molecule has 0 unspecified atom stereocenters. The predicted octanol–water partition coefficient (Wildman–Crippen LogP) is -0.209. The number of morpholine rings is 1. The van der Waals surface area contributed by atoms with Crippen molar-refractivity contribution >= 4 is 11.9 Å². The molecule has 1 aromatic rings. The topological polar surface area (TPSA) is 101 Å². The third kappa shape index (κ3) is 5.17. The largest absolute Gasteiger partial charge is 0.870 e. The molecule has 0 aromatic heterocycles. The summed E-state index contributed by atoms with van der Waals surface area (Å²) in [5, 5.41) is 23.2. The summed E-state index contributed by atoms with van der Waals surface area (Å²) in [6, 6.07) is 2.40. The van der Waals surface area contributed by atoms with Gasteiger partial charge in [0.05, 0.1) is 37.4 Å². The zero-order valence-electron chi connectivity index (χ0n) is 13.8. The van der Waals surface area contributed by atoms with Crippen molar-refractivity contribution in [1.82, 2.24) is 0 Å². The number of aliphatic imine (C=N–C) groups is 1. The highest BCUT2D eigenvalue weighted by atomic mass is 16.6. The second-order valence-electron chi connectivity index (χ2n) is 5.55. The van der Waals surface area contributed by atoms with Crippen molar-refractivity contribution in [1.29, 1.82) is 0 Å². The van der Waals surface area contributed by atoms with E-state index < -0.39 is 4.92 Å². The van der Waals surface area contributed by atoms with Gasteiger partial charge in [-0.25, -0.2) is 0 Å². The van der Waals surface area contributed by atoms with Crippen LogP contribution < -0.4 is 14.7 Å². The fourth-order valence-electron chi connectivity index (χ4n) is 2.57. The maximum Gasteiger partial charge on any atom is 0.273 e. The summed E-state index contributed by atoms with van der Waals surface area (Å²) in [5.41, 5.74) is 0.0173. The first-order valence-corrected chi connectivity index (χ1v) is 8.15. The number of hydrogen-bond donors (Lipinski definition) is 1. The van der Waals surface area contributed by atoms with E-state index >= 15 is 0 Å². The van der Waals surface area contributed by atoms with Crippen molar-refractivity contribution in [2.24, 2.45) is 4.99 Å². The summed E-state index contributed by atoms with van der Waals surface area (Å²) < 4.78 is 10.5. The van der Waals surface area contributed by atoms with Gasteiger partial charge in [0.1, 0.15) is 18.8 Å². The van der Waals surface area contributed by atoms with Crippen molar-refractivity contribution in [3.05, 3.63) is 27.8 Å². The number of rotatable bonds is 8. The molecule has 0 amide bonds. The first-order valence-electron chi connectivity index (χ1n) is 8.15. The first kappa shape index (κ1) is 18.2. The second kappa shape index (κ2) is 9.19. The molecule has 1 fully saturated rings. The Morgan fingerprint density at radius 2 is 2.17 bits per heavy atom. The Kier molecular flexibility index (Phi) is 6.95. The molecule has 8 heteroatoms. The normalized spacial score (nSPS) is 15.7. The Morgan fingerprint density at radius 3 is 2.83 bits per heavy atom. The standard InChI is InChI=1S/C16H23N3O5/c1-2-24-15-11-14(19(21)22)10-13(16(15)20)12-17-4-3-5-18-6-8-23-9-7-18/h10-12,20H,2-9H2,1H3. The molecular formula is C16H23N3O5. The SMILES string of the molecule is CCOc1cc([N+](=O)[O-])cc(C=NCCC[NH+]2CCOCC2)c1[O-]. The number of nitro groups is 1. The lowest BCUT2D eigenvalue weighted by atomic mass is 10.1. The van der Waals surface area contributed by atoms with Gasteiger partial charge in [0, 0.05) is 25.2 Å². The molecule has 132 valence electrons. The molecule has 0 atom stereocenters. The average molecular weight is 337 g/mol. The Bertz CT molecular complexity index is 585. The number of hydrogen-bond acceptors (Lipinski definition) is 6. The number of benzene rings is 1. The Hall–Kier alpha value is -2.19. The second-order valence-corrected chi connectivity index (χ2v) is 5.55. The average Bonchev–Trinajstić information content (AvgIpc) is 2.58. The van der Waals surface area contributed by atoms with E-state index in [-0.39, 0.29) is 29.4 Å². The van der Waals surface area contributed by atoms with Gasteiger partial charge < -0.3 is 19.5 Å². The molecule has 24 heavy (non-hydrogen) atoms. The van der Waals surface area contributed by atoms with Crippen molar-refractivity contribution in [3.8, 4) is 11.5 Å². The number of nitrogens with one attached hydrogen (secondary N) is 1. The van der Waals surface area contributed by atoms with Crippen LogP contribution in [-0.2, 0) is 4.74 Å². The van der Waals surface area contributed by atoms with Gasteiger partial charge in [-0.3, -0.25) is 15.1 Å². The Labute approximate surface area is 140 Å². The van der Waals surface area contributed by atoms with Crippen LogP contribution in [0.5, 0.6) is 11.5 Å². The first-order chi connectivity index (χ1) is 11.6. The molecule has 1 heterocycles. The van der Waals surface area contributed by atoms with Crippen LogP contribution in [0.25, 0.3) is 0 Å². The number of non-ortho nitro benzene ring substituents is 1. The van der Waals surface area contributed by atoms with E-state index in [0.717, 1.165) is 45.3 Å². The highest BCUT2D eigenvalue weighted by molar-refractivity contribution is 5.86. The zero-order chi connectivity index (χ0) is 17.4. The third-order valence-electron chi connectivity index (χ3n) is 3.83. The minimum Gasteiger partial charge on any atom is -0.870 e. The fraction of sp³-hybridized carbons (Fsp3) is 0.562. The van der Waals surface area contributed by atoms with Crippen molar-refractivity contribution in [2.45, 2.75) is 13.3 Å². The van der Waals surface area contributed by atoms with Crippen LogP contribution in [0, 0.1) is 10.1 Å². The van der Waals surface area contributed by atoms with Crippen LogP contribution in [0.2, 0.25) is 0 Å². The summed E-state index contributed by atoms with van der Waals surface area (Å²) in [5.74, 6) is -0.379. The minimum atomic E-state index is -0.541. The Balaban J connectivity index is 1.95. The van der Waals surface area contributed by atoms with E-state index in [0.29, 0.717) is 6.54 Å². The highest BCUT2D eigenvalue weighted by Gasteiger charge is 2.13. The Morgan fingerprint density at radius 1 is 1.42 bits per heavy atom. The van der Waals surface area contributed by atoms with Gasteiger partial charge in [0.25, 0.3) is 5.69 Å². The quantitative estimate of drug-likeness (QED) is 0.306. The predicted molar refractivity (Wildman–Crippen MR) is 87.2 cm³/mol. The fourth-order valence-corrected chi connectivity index (χ4v) is 2.57. The van der Waals surface area contributed by atoms with Crippen LogP contribution in [0.3, 0.4) is 0 Å². The van der Waals surface area contributed by atoms with Gasteiger partial charge in [-0.15, -0.1) is 0 Å². The van der Waals surface area contributed by atoms with Gasteiger partial charge >= 0.3 is 0 Å². The third-order valence-corrected chi connectivity index (χ3v) is 3.83. The van der Waals surface area contributed by atoms with Gasteiger partial charge in [-0.1, -0.05) is 5.75 Å². The molecule has 0 radical (unpaired) electrons. The number of nitrogens with zero attached hydrogens (tertiary/aromatic N) is 2. The van der Waals surface area contributed by atoms with Crippen LogP contribution in [-0.4, -0.2) is 57.1 Å². The van der Waals surface area contributed by atoms with E-state index in [4.69, 9.17) is 9.47 Å². The molecule has 1 aromatic carbocycles. The lowest BCUT2D eigenvalue weighted by molar-refractivity contribution is -0.908. The van der Waals surface area contributed by atoms with Crippen molar-refractivity contribution in [2.75, 3.05) is 46.0 Å². The highest BCUT2D eigenvalue weighted by Crippen LogP contribution is 2.31. The smallest absolute Gasteiger partial charge is 0.273 e. The summed E-state index contributed by atoms with van der Waals surface area (Å²) in [6.07, 6.45) is 2.31. The van der Waals surface area contributed by atoms with Crippen LogP contribution in [0.4, 0.5) is 5.69 Å². The molecule has 1 saturated heterocycles. The molecule has 2 rings (SSSR count). The number of nitro benzene ring substituents is 1. The lowest BCUT2D eigenvalue weighted by Gasteiger charge is -2.23. The van der Waals surface area contributed by atoms with E-state index in [1.807, 2.05) is 0 Å². The molecule has 0 aliphatic carbocycles. The molecule has 0 saturated carbocycles. The molecular weight excluding hydrogens is 314 g/mol. The van der Waals surface area contributed by atoms with Gasteiger partial charge in [0.15, 0.2) is 0 Å². The van der Waals surface area contributed by atoms with E-state index in [1.165, 1.54) is 17.2 Å². The van der Waals surface area contributed by atoms with E-state index in [2.05, 4.69) is 4.99 Å². The monoisotopic (exact) mass is 337 g/mol. The summed E-state index contributed by atoms with van der Waals surface area (Å²) >= 11 is 0. The van der Waals surface area contributed by atoms with E-state index in [1.54, 1.807) is 6.92 Å². The zero-order valence-corrected chi connectivity index (χ0v) is 13.8. The van der Waals surface area contributed by atoms with E-state index in [9.17, 15) is 15.2 Å². The lowest BCUT2D eigenvalue weighted by Crippen LogP contribution is -3.14. The van der Waals surface area contributed by atoms with Crippen molar-refractivity contribution < 1.29 is 24.4 Å². The van der Waals surface area contributed by atoms with Gasteiger partial charge in [0.2, 0.25) is 0 Å². The molecule has 1 aliphatic heterocycles. The summed E-state index contributed by atoms with van der Waals surface area (Å²) in [7, 11) is 0. The van der Waals surface area contributed by atoms with Crippen LogP contribution in [0.15, 0.2) is 17.1 Å². The van der Waals surface area contributed by atoms with Crippen molar-refractivity contribution in [3.63, 3.8) is 0 Å². The molecule has 8 nitrogen and oxygen atoms in total. The maximum atomic E-state index is 12.2. The molecule has 1 aliphatic rings. The number of ether oxygens (including phenoxy) is 2. The molecule has 0 bridgehead atoms.